The topological polar surface area (TPSA) is 70.0 Å². The van der Waals surface area contributed by atoms with Crippen molar-refractivity contribution in [2.75, 3.05) is 19.7 Å². The van der Waals surface area contributed by atoms with Crippen LogP contribution in [0.1, 0.15) is 41.0 Å². The van der Waals surface area contributed by atoms with Gasteiger partial charge < -0.3 is 14.9 Å². The molecule has 18 heavy (non-hydrogen) atoms. The van der Waals surface area contributed by atoms with Gasteiger partial charge in [-0.1, -0.05) is 0 Å². The molecule has 1 unspecified atom stereocenters. The number of hydrogen-bond acceptors (Lipinski definition) is 4. The van der Waals surface area contributed by atoms with E-state index in [-0.39, 0.29) is 24.7 Å². The molecule has 0 spiro atoms. The molecule has 0 aliphatic rings. The number of carbonyl (C=O) groups is 1. The molecular formula is C13H27NO4. The number of β-amino-alcohol motifs (C(OH)–C–C–N with tert-alkyl or cyclic N) is 1. The van der Waals surface area contributed by atoms with Gasteiger partial charge in [0.2, 0.25) is 0 Å². The van der Waals surface area contributed by atoms with Crippen LogP contribution < -0.4 is 0 Å². The van der Waals surface area contributed by atoms with Gasteiger partial charge >= 0.3 is 5.97 Å². The predicted molar refractivity (Wildman–Crippen MR) is 70.7 cm³/mol. The highest BCUT2D eigenvalue weighted by molar-refractivity contribution is 5.66. The third kappa shape index (κ3) is 8.44. The van der Waals surface area contributed by atoms with Gasteiger partial charge in [0.1, 0.15) is 0 Å². The van der Waals surface area contributed by atoms with Crippen molar-refractivity contribution in [3.05, 3.63) is 0 Å². The molecule has 0 saturated carbocycles. The zero-order chi connectivity index (χ0) is 14.3. The maximum absolute atomic E-state index is 10.6. The van der Waals surface area contributed by atoms with Gasteiger partial charge in [0.05, 0.1) is 25.2 Å². The summed E-state index contributed by atoms with van der Waals surface area (Å²) in [4.78, 5) is 12.6. The fourth-order valence-electron chi connectivity index (χ4n) is 1.54. The number of rotatable bonds is 8. The molecule has 0 aromatic carbocycles. The van der Waals surface area contributed by atoms with E-state index in [1.165, 1.54) is 0 Å². The van der Waals surface area contributed by atoms with Crippen molar-refractivity contribution < 1.29 is 19.7 Å². The number of carboxylic acid groups (broad SMARTS) is 1. The van der Waals surface area contributed by atoms with Crippen LogP contribution in [0.3, 0.4) is 0 Å². The monoisotopic (exact) mass is 261 g/mol. The van der Waals surface area contributed by atoms with Gasteiger partial charge in [0, 0.05) is 18.6 Å². The van der Waals surface area contributed by atoms with Gasteiger partial charge in [-0.3, -0.25) is 9.69 Å². The first-order chi connectivity index (χ1) is 8.12. The second kappa shape index (κ2) is 7.71. The summed E-state index contributed by atoms with van der Waals surface area (Å²) in [5.74, 6) is -0.822. The Balaban J connectivity index is 4.27. The number of carboxylic acids is 1. The lowest BCUT2D eigenvalue weighted by Gasteiger charge is -2.36. The Bertz CT molecular complexity index is 248. The van der Waals surface area contributed by atoms with E-state index in [0.29, 0.717) is 13.1 Å². The Hall–Kier alpha value is -0.650. The number of aliphatic carboxylic acids is 1. The van der Waals surface area contributed by atoms with E-state index in [1.54, 1.807) is 0 Å². The first-order valence-corrected chi connectivity index (χ1v) is 6.39. The molecule has 0 saturated heterocycles. The molecule has 0 aromatic heterocycles. The van der Waals surface area contributed by atoms with Crippen molar-refractivity contribution in [3.63, 3.8) is 0 Å². The largest absolute Gasteiger partial charge is 0.481 e. The average molecular weight is 261 g/mol. The molecule has 0 amide bonds. The third-order valence-electron chi connectivity index (χ3n) is 2.60. The number of aliphatic hydroxyl groups excluding tert-OH is 1. The Morgan fingerprint density at radius 2 is 1.89 bits per heavy atom. The fourth-order valence-corrected chi connectivity index (χ4v) is 1.54. The van der Waals surface area contributed by atoms with Crippen LogP contribution in [0, 0.1) is 0 Å². The molecule has 5 nitrogen and oxygen atoms in total. The first-order valence-electron chi connectivity index (χ1n) is 6.39. The molecule has 0 radical (unpaired) electrons. The van der Waals surface area contributed by atoms with Gasteiger partial charge in [-0.2, -0.15) is 0 Å². The van der Waals surface area contributed by atoms with E-state index in [9.17, 15) is 9.90 Å². The minimum absolute atomic E-state index is 0.0784. The van der Waals surface area contributed by atoms with Crippen molar-refractivity contribution in [2.45, 2.75) is 58.8 Å². The van der Waals surface area contributed by atoms with Crippen LogP contribution in [0.5, 0.6) is 0 Å². The van der Waals surface area contributed by atoms with E-state index in [1.807, 2.05) is 39.5 Å². The number of ether oxygens (including phenoxy) is 1. The SMILES string of the molecule is CC(C)OCC(O)CN(CCC(=O)O)C(C)(C)C. The average Bonchev–Trinajstić information content (AvgIpc) is 2.19. The summed E-state index contributed by atoms with van der Waals surface area (Å²) in [5.41, 5.74) is -0.172. The third-order valence-corrected chi connectivity index (χ3v) is 2.60. The summed E-state index contributed by atoms with van der Waals surface area (Å²) in [5, 5.41) is 18.6. The van der Waals surface area contributed by atoms with Crippen molar-refractivity contribution in [3.8, 4) is 0 Å². The quantitative estimate of drug-likeness (QED) is 0.690. The van der Waals surface area contributed by atoms with Crippen molar-refractivity contribution >= 4 is 5.97 Å². The zero-order valence-electron chi connectivity index (χ0n) is 12.1. The predicted octanol–water partition coefficient (Wildman–Crippen LogP) is 1.35. The van der Waals surface area contributed by atoms with E-state index in [0.717, 1.165) is 0 Å². The zero-order valence-corrected chi connectivity index (χ0v) is 12.1. The van der Waals surface area contributed by atoms with Gasteiger partial charge in [0.15, 0.2) is 0 Å². The molecule has 5 heteroatoms. The maximum atomic E-state index is 10.6. The Morgan fingerprint density at radius 1 is 1.33 bits per heavy atom. The second-order valence-corrected chi connectivity index (χ2v) is 5.80. The number of hydrogen-bond donors (Lipinski definition) is 2. The summed E-state index contributed by atoms with van der Waals surface area (Å²) in [6, 6.07) is 0. The van der Waals surface area contributed by atoms with Crippen LogP contribution in [0.25, 0.3) is 0 Å². The minimum Gasteiger partial charge on any atom is -0.481 e. The lowest BCUT2D eigenvalue weighted by Crippen LogP contribution is -2.47. The normalized spacial score (nSPS) is 14.2. The smallest absolute Gasteiger partial charge is 0.304 e. The van der Waals surface area contributed by atoms with Gasteiger partial charge in [-0.25, -0.2) is 0 Å². The Kier molecular flexibility index (Phi) is 7.43. The summed E-state index contributed by atoms with van der Waals surface area (Å²) in [6.07, 6.45) is -0.433. The number of nitrogens with zero attached hydrogens (tertiary/aromatic N) is 1. The molecular weight excluding hydrogens is 234 g/mol. The van der Waals surface area contributed by atoms with Crippen LogP contribution in [-0.4, -0.2) is 58.5 Å². The highest BCUT2D eigenvalue weighted by Crippen LogP contribution is 2.14. The Labute approximate surface area is 110 Å². The molecule has 0 rings (SSSR count). The van der Waals surface area contributed by atoms with Crippen LogP contribution in [0.15, 0.2) is 0 Å². The van der Waals surface area contributed by atoms with E-state index in [4.69, 9.17) is 9.84 Å². The van der Waals surface area contributed by atoms with E-state index in [2.05, 4.69) is 0 Å². The summed E-state index contributed by atoms with van der Waals surface area (Å²) in [6.45, 7) is 11.0. The standard InChI is InChI=1S/C13H27NO4/c1-10(2)18-9-11(15)8-14(13(3,4)5)7-6-12(16)17/h10-11,15H,6-9H2,1-5H3,(H,16,17). The highest BCUT2D eigenvalue weighted by Gasteiger charge is 2.24. The molecule has 0 aliphatic carbocycles. The number of aliphatic hydroxyl groups is 1. The van der Waals surface area contributed by atoms with Crippen molar-refractivity contribution in [1.82, 2.24) is 4.90 Å². The van der Waals surface area contributed by atoms with Gasteiger partial charge in [-0.05, 0) is 34.6 Å². The van der Waals surface area contributed by atoms with Crippen molar-refractivity contribution in [1.29, 1.82) is 0 Å². The highest BCUT2D eigenvalue weighted by atomic mass is 16.5. The minimum atomic E-state index is -0.822. The molecule has 0 bridgehead atoms. The summed E-state index contributed by atoms with van der Waals surface area (Å²) >= 11 is 0. The van der Waals surface area contributed by atoms with Crippen LogP contribution >= 0.6 is 0 Å². The van der Waals surface area contributed by atoms with Crippen LogP contribution in [-0.2, 0) is 9.53 Å². The fraction of sp³-hybridized carbons (Fsp3) is 0.923. The van der Waals surface area contributed by atoms with Crippen molar-refractivity contribution in [2.24, 2.45) is 0 Å². The van der Waals surface area contributed by atoms with Crippen LogP contribution in [0.4, 0.5) is 0 Å². The first kappa shape index (κ1) is 17.4. The maximum Gasteiger partial charge on any atom is 0.304 e. The Morgan fingerprint density at radius 3 is 2.28 bits per heavy atom. The second-order valence-electron chi connectivity index (χ2n) is 5.80. The molecule has 0 aliphatic heterocycles. The summed E-state index contributed by atoms with van der Waals surface area (Å²) in [7, 11) is 0. The molecule has 0 fully saturated rings. The lowest BCUT2D eigenvalue weighted by atomic mass is 10.0. The molecule has 2 N–H and O–H groups in total. The van der Waals surface area contributed by atoms with E-state index < -0.39 is 12.1 Å². The van der Waals surface area contributed by atoms with Gasteiger partial charge in [0.25, 0.3) is 0 Å². The summed E-state index contributed by atoms with van der Waals surface area (Å²) < 4.78 is 5.35. The molecule has 0 heterocycles. The molecule has 1 atom stereocenters. The molecule has 108 valence electrons. The lowest BCUT2D eigenvalue weighted by molar-refractivity contribution is -0.137. The van der Waals surface area contributed by atoms with E-state index >= 15 is 0 Å². The van der Waals surface area contributed by atoms with Crippen LogP contribution in [0.2, 0.25) is 0 Å². The molecule has 0 aromatic rings. The van der Waals surface area contributed by atoms with Gasteiger partial charge in [-0.15, -0.1) is 0 Å².